The topological polar surface area (TPSA) is 145 Å². The number of amides is 1. The van der Waals surface area contributed by atoms with Crippen molar-refractivity contribution in [2.24, 2.45) is 10.7 Å². The lowest BCUT2D eigenvalue weighted by molar-refractivity contribution is -0.160. The summed E-state index contributed by atoms with van der Waals surface area (Å²) in [6.45, 7) is 1.70. The van der Waals surface area contributed by atoms with Gasteiger partial charge in [-0.05, 0) is 41.8 Å². The van der Waals surface area contributed by atoms with E-state index in [1.807, 2.05) is 6.92 Å². The molecular formula is C22H26N4O5S. The highest BCUT2D eigenvalue weighted by Crippen LogP contribution is 2.32. The standard InChI is InChI=1S/C22H26N4O5S/c1-2-9-26(29)22(28)18-11-17-7-6-16(13-20(17)25-21(23)14-18)15-4-3-5-19(12-15)32(30,31)24-8-10-27/h3-7,11-13,24,27,29H,2,8-10,14H2,1H3,(H2,23,25). The SMILES string of the molecule is CCCN(O)C(=O)C1=Cc2ccc(-c3cccc(S(=O)(=O)NCCO)c3)cc2N=C(N)C1. The lowest BCUT2D eigenvalue weighted by atomic mass is 10.0. The molecule has 2 aromatic carbocycles. The lowest BCUT2D eigenvalue weighted by Crippen LogP contribution is -2.30. The van der Waals surface area contributed by atoms with E-state index < -0.39 is 15.9 Å². The number of sulfonamides is 1. The minimum Gasteiger partial charge on any atom is -0.395 e. The van der Waals surface area contributed by atoms with E-state index in [0.29, 0.717) is 33.9 Å². The van der Waals surface area contributed by atoms with Crippen LogP contribution in [0.15, 0.2) is 57.9 Å². The highest BCUT2D eigenvalue weighted by Gasteiger charge is 2.21. The van der Waals surface area contributed by atoms with Gasteiger partial charge < -0.3 is 10.8 Å². The van der Waals surface area contributed by atoms with Gasteiger partial charge in [0, 0.05) is 30.6 Å². The Balaban J connectivity index is 1.97. The Morgan fingerprint density at radius 2 is 1.97 bits per heavy atom. The van der Waals surface area contributed by atoms with E-state index in [9.17, 15) is 18.4 Å². The summed E-state index contributed by atoms with van der Waals surface area (Å²) in [6.07, 6.45) is 2.38. The largest absolute Gasteiger partial charge is 0.395 e. The summed E-state index contributed by atoms with van der Waals surface area (Å²) < 4.78 is 27.1. The molecule has 3 rings (SSSR count). The van der Waals surface area contributed by atoms with Gasteiger partial charge in [-0.15, -0.1) is 0 Å². The van der Waals surface area contributed by atoms with E-state index in [1.54, 1.807) is 36.4 Å². The smallest absolute Gasteiger partial charge is 0.273 e. The van der Waals surface area contributed by atoms with Crippen molar-refractivity contribution in [2.75, 3.05) is 19.7 Å². The van der Waals surface area contributed by atoms with E-state index in [4.69, 9.17) is 10.8 Å². The Hall–Kier alpha value is -3.05. The number of aliphatic hydroxyl groups is 1. The molecule has 0 saturated heterocycles. The third kappa shape index (κ3) is 5.40. The summed E-state index contributed by atoms with van der Waals surface area (Å²) >= 11 is 0. The Bertz CT molecular complexity index is 1170. The summed E-state index contributed by atoms with van der Waals surface area (Å²) in [5.74, 6) is -0.287. The van der Waals surface area contributed by atoms with Crippen molar-refractivity contribution in [3.8, 4) is 11.1 Å². The van der Waals surface area contributed by atoms with Crippen molar-refractivity contribution >= 4 is 33.5 Å². The number of hydrogen-bond donors (Lipinski definition) is 4. The molecule has 0 radical (unpaired) electrons. The number of fused-ring (bicyclic) bond motifs is 1. The second-order valence-electron chi connectivity index (χ2n) is 7.30. The molecule has 1 aliphatic heterocycles. The number of carbonyl (C=O) groups excluding carboxylic acids is 1. The molecule has 0 atom stereocenters. The first-order valence-corrected chi connectivity index (χ1v) is 11.6. The third-order valence-electron chi connectivity index (χ3n) is 4.82. The molecule has 0 spiro atoms. The van der Waals surface area contributed by atoms with Gasteiger partial charge in [0.15, 0.2) is 0 Å². The van der Waals surface area contributed by atoms with Gasteiger partial charge in [-0.1, -0.05) is 31.2 Å². The highest BCUT2D eigenvalue weighted by molar-refractivity contribution is 7.89. The zero-order chi connectivity index (χ0) is 23.3. The molecule has 5 N–H and O–H groups in total. The Labute approximate surface area is 186 Å². The quantitative estimate of drug-likeness (QED) is 0.352. The number of nitrogens with two attached hydrogens (primary N) is 1. The van der Waals surface area contributed by atoms with Crippen LogP contribution in [0.2, 0.25) is 0 Å². The zero-order valence-corrected chi connectivity index (χ0v) is 18.5. The summed E-state index contributed by atoms with van der Waals surface area (Å²) in [5, 5.41) is 19.5. The number of nitrogens with one attached hydrogen (secondary N) is 1. The molecule has 170 valence electrons. The number of aliphatic imine (C=N–C) groups is 1. The van der Waals surface area contributed by atoms with Gasteiger partial charge >= 0.3 is 0 Å². The first-order chi connectivity index (χ1) is 15.2. The van der Waals surface area contributed by atoms with E-state index in [2.05, 4.69) is 9.71 Å². The third-order valence-corrected chi connectivity index (χ3v) is 6.28. The predicted octanol–water partition coefficient (Wildman–Crippen LogP) is 2.03. The van der Waals surface area contributed by atoms with Gasteiger partial charge in [-0.3, -0.25) is 10.0 Å². The number of nitrogens with zero attached hydrogens (tertiary/aromatic N) is 2. The number of carbonyl (C=O) groups is 1. The number of hydroxylamine groups is 2. The fourth-order valence-electron chi connectivity index (χ4n) is 3.29. The maximum Gasteiger partial charge on any atom is 0.273 e. The highest BCUT2D eigenvalue weighted by atomic mass is 32.2. The normalized spacial score (nSPS) is 13.6. The molecule has 2 aromatic rings. The maximum atomic E-state index is 12.5. The molecule has 0 aromatic heterocycles. The molecule has 32 heavy (non-hydrogen) atoms. The van der Waals surface area contributed by atoms with Crippen molar-refractivity contribution in [1.82, 2.24) is 9.79 Å². The van der Waals surface area contributed by atoms with Crippen LogP contribution in [0.25, 0.3) is 17.2 Å². The summed E-state index contributed by atoms with van der Waals surface area (Å²) in [5.41, 5.74) is 8.92. The Morgan fingerprint density at radius 3 is 2.69 bits per heavy atom. The number of rotatable bonds is 8. The van der Waals surface area contributed by atoms with Crippen LogP contribution in [0, 0.1) is 0 Å². The molecule has 1 amide bonds. The molecule has 0 saturated carbocycles. The van der Waals surface area contributed by atoms with Crippen LogP contribution in [0.4, 0.5) is 5.69 Å². The fraction of sp³-hybridized carbons (Fsp3) is 0.273. The monoisotopic (exact) mass is 458 g/mol. The zero-order valence-electron chi connectivity index (χ0n) is 17.7. The van der Waals surface area contributed by atoms with E-state index in [-0.39, 0.29) is 36.8 Å². The molecule has 1 aliphatic rings. The minimum absolute atomic E-state index is 0.0731. The van der Waals surface area contributed by atoms with Crippen LogP contribution >= 0.6 is 0 Å². The van der Waals surface area contributed by atoms with Gasteiger partial charge in [0.2, 0.25) is 10.0 Å². The Morgan fingerprint density at radius 1 is 1.22 bits per heavy atom. The molecule has 0 fully saturated rings. The molecule has 0 unspecified atom stereocenters. The summed E-state index contributed by atoms with van der Waals surface area (Å²) in [4.78, 5) is 17.0. The van der Waals surface area contributed by atoms with Crippen LogP contribution in [0.5, 0.6) is 0 Å². The Kier molecular flexibility index (Phi) is 7.41. The van der Waals surface area contributed by atoms with Gasteiger partial charge in [-0.2, -0.15) is 0 Å². The maximum absolute atomic E-state index is 12.5. The van der Waals surface area contributed by atoms with Gasteiger partial charge in [0.1, 0.15) is 5.84 Å². The predicted molar refractivity (Wildman–Crippen MR) is 122 cm³/mol. The van der Waals surface area contributed by atoms with Crippen LogP contribution < -0.4 is 10.5 Å². The van der Waals surface area contributed by atoms with E-state index in [0.717, 1.165) is 5.56 Å². The van der Waals surface area contributed by atoms with Crippen molar-refractivity contribution in [3.05, 3.63) is 53.6 Å². The van der Waals surface area contributed by atoms with Crippen molar-refractivity contribution in [1.29, 1.82) is 0 Å². The van der Waals surface area contributed by atoms with Crippen LogP contribution in [-0.2, 0) is 14.8 Å². The molecule has 10 heteroatoms. The average molecular weight is 459 g/mol. The second kappa shape index (κ2) is 10.0. The first kappa shape index (κ1) is 23.6. The minimum atomic E-state index is -3.75. The van der Waals surface area contributed by atoms with Crippen LogP contribution in [0.1, 0.15) is 25.3 Å². The first-order valence-electron chi connectivity index (χ1n) is 10.1. The van der Waals surface area contributed by atoms with Gasteiger partial charge in [-0.25, -0.2) is 23.2 Å². The molecular weight excluding hydrogens is 432 g/mol. The summed E-state index contributed by atoms with van der Waals surface area (Å²) in [7, 11) is -3.75. The summed E-state index contributed by atoms with van der Waals surface area (Å²) in [6, 6.07) is 11.7. The number of benzene rings is 2. The molecule has 9 nitrogen and oxygen atoms in total. The lowest BCUT2D eigenvalue weighted by Gasteiger charge is -2.15. The molecule has 1 heterocycles. The molecule has 0 aliphatic carbocycles. The van der Waals surface area contributed by atoms with Crippen LogP contribution in [0.3, 0.4) is 0 Å². The van der Waals surface area contributed by atoms with Crippen molar-refractivity contribution < 1.29 is 23.5 Å². The number of aliphatic hydroxyl groups excluding tert-OH is 1. The van der Waals surface area contributed by atoms with Gasteiger partial charge in [0.05, 0.1) is 17.2 Å². The fourth-order valence-corrected chi connectivity index (χ4v) is 4.36. The average Bonchev–Trinajstić information content (AvgIpc) is 2.94. The van der Waals surface area contributed by atoms with Crippen molar-refractivity contribution in [2.45, 2.75) is 24.7 Å². The number of amidine groups is 1. The van der Waals surface area contributed by atoms with Crippen molar-refractivity contribution in [3.63, 3.8) is 0 Å². The van der Waals surface area contributed by atoms with Crippen LogP contribution in [-0.4, -0.2) is 55.2 Å². The number of hydrogen-bond acceptors (Lipinski definition) is 7. The van der Waals surface area contributed by atoms with Gasteiger partial charge in [0.25, 0.3) is 5.91 Å². The van der Waals surface area contributed by atoms with E-state index >= 15 is 0 Å². The second-order valence-corrected chi connectivity index (χ2v) is 9.07. The van der Waals surface area contributed by atoms with E-state index in [1.165, 1.54) is 12.1 Å². The molecule has 0 bridgehead atoms.